The SMILES string of the molecule is Cc1ccc(N2C(=O)CS[C@H]2c2cccc(NC(=O)c3ccccc3C)c2)cc1. The van der Waals surface area contributed by atoms with Gasteiger partial charge in [0.1, 0.15) is 5.37 Å². The molecule has 3 aromatic carbocycles. The van der Waals surface area contributed by atoms with Gasteiger partial charge in [0, 0.05) is 16.9 Å². The molecule has 3 aromatic rings. The van der Waals surface area contributed by atoms with E-state index in [1.54, 1.807) is 11.8 Å². The van der Waals surface area contributed by atoms with Gasteiger partial charge in [0.15, 0.2) is 0 Å². The molecular weight excluding hydrogens is 380 g/mol. The Hall–Kier alpha value is -3.05. The maximum absolute atomic E-state index is 12.7. The van der Waals surface area contributed by atoms with Crippen molar-refractivity contribution >= 4 is 35.0 Å². The molecular formula is C24H22N2O2S. The van der Waals surface area contributed by atoms with E-state index in [1.165, 1.54) is 0 Å². The zero-order chi connectivity index (χ0) is 20.4. The van der Waals surface area contributed by atoms with Crippen LogP contribution in [-0.4, -0.2) is 17.6 Å². The van der Waals surface area contributed by atoms with E-state index >= 15 is 0 Å². The summed E-state index contributed by atoms with van der Waals surface area (Å²) in [6.07, 6.45) is 0. The summed E-state index contributed by atoms with van der Waals surface area (Å²) >= 11 is 1.60. The zero-order valence-electron chi connectivity index (χ0n) is 16.4. The maximum atomic E-state index is 12.7. The van der Waals surface area contributed by atoms with Gasteiger partial charge in [-0.15, -0.1) is 11.8 Å². The number of carbonyl (C=O) groups excluding carboxylic acids is 2. The molecule has 0 unspecified atom stereocenters. The van der Waals surface area contributed by atoms with E-state index < -0.39 is 0 Å². The van der Waals surface area contributed by atoms with Gasteiger partial charge in [-0.3, -0.25) is 14.5 Å². The molecule has 4 rings (SSSR count). The number of amides is 2. The monoisotopic (exact) mass is 402 g/mol. The minimum Gasteiger partial charge on any atom is -0.322 e. The van der Waals surface area contributed by atoms with Crippen LogP contribution in [0.25, 0.3) is 0 Å². The Morgan fingerprint density at radius 2 is 1.76 bits per heavy atom. The van der Waals surface area contributed by atoms with Gasteiger partial charge >= 0.3 is 0 Å². The molecule has 5 heteroatoms. The van der Waals surface area contributed by atoms with Crippen molar-refractivity contribution in [2.75, 3.05) is 16.0 Å². The third-order valence-electron chi connectivity index (χ3n) is 5.00. The Labute approximate surface area is 174 Å². The van der Waals surface area contributed by atoms with E-state index in [2.05, 4.69) is 5.32 Å². The van der Waals surface area contributed by atoms with Crippen molar-refractivity contribution < 1.29 is 9.59 Å². The molecule has 0 aromatic heterocycles. The van der Waals surface area contributed by atoms with Crippen LogP contribution in [0.3, 0.4) is 0 Å². The summed E-state index contributed by atoms with van der Waals surface area (Å²) in [5.41, 5.74) is 5.35. The van der Waals surface area contributed by atoms with Crippen molar-refractivity contribution in [3.8, 4) is 0 Å². The molecule has 1 saturated heterocycles. The highest BCUT2D eigenvalue weighted by Gasteiger charge is 2.34. The number of nitrogens with one attached hydrogen (secondary N) is 1. The molecule has 0 bridgehead atoms. The molecule has 0 saturated carbocycles. The third-order valence-corrected chi connectivity index (χ3v) is 6.21. The molecule has 1 heterocycles. The largest absolute Gasteiger partial charge is 0.322 e. The van der Waals surface area contributed by atoms with E-state index in [0.29, 0.717) is 11.3 Å². The van der Waals surface area contributed by atoms with Crippen LogP contribution < -0.4 is 10.2 Å². The number of hydrogen-bond acceptors (Lipinski definition) is 3. The number of benzene rings is 3. The Kier molecular flexibility index (Phi) is 5.41. The minimum absolute atomic E-state index is 0.0956. The second-order valence-corrected chi connectivity index (χ2v) is 8.23. The molecule has 1 atom stereocenters. The van der Waals surface area contributed by atoms with E-state index in [0.717, 1.165) is 28.1 Å². The predicted molar refractivity (Wildman–Crippen MR) is 119 cm³/mol. The molecule has 1 aliphatic rings. The van der Waals surface area contributed by atoms with Crippen LogP contribution >= 0.6 is 11.8 Å². The lowest BCUT2D eigenvalue weighted by Gasteiger charge is -2.25. The third kappa shape index (κ3) is 4.05. The molecule has 4 nitrogen and oxygen atoms in total. The molecule has 29 heavy (non-hydrogen) atoms. The number of thioether (sulfide) groups is 1. The number of aryl methyl sites for hydroxylation is 2. The molecule has 1 N–H and O–H groups in total. The van der Waals surface area contributed by atoms with Crippen LogP contribution in [-0.2, 0) is 4.79 Å². The summed E-state index contributed by atoms with van der Waals surface area (Å²) in [7, 11) is 0. The number of anilines is 2. The standard InChI is InChI=1S/C24H22N2O2S/c1-16-10-12-20(13-11-16)26-22(27)15-29-24(26)18-7-5-8-19(14-18)25-23(28)21-9-4-3-6-17(21)2/h3-14,24H,15H2,1-2H3,(H,25,28)/t24-/m0/s1. The topological polar surface area (TPSA) is 49.4 Å². The lowest BCUT2D eigenvalue weighted by Crippen LogP contribution is -2.27. The lowest BCUT2D eigenvalue weighted by atomic mass is 10.1. The number of carbonyl (C=O) groups is 2. The first-order valence-electron chi connectivity index (χ1n) is 9.50. The van der Waals surface area contributed by atoms with E-state index in [-0.39, 0.29) is 17.2 Å². The summed E-state index contributed by atoms with van der Waals surface area (Å²) in [5.74, 6) is 0.405. The Bertz CT molecular complexity index is 1060. The molecule has 146 valence electrons. The van der Waals surface area contributed by atoms with E-state index in [4.69, 9.17) is 0 Å². The average molecular weight is 403 g/mol. The van der Waals surface area contributed by atoms with Crippen LogP contribution in [0.2, 0.25) is 0 Å². The van der Waals surface area contributed by atoms with Gasteiger partial charge in [0.25, 0.3) is 5.91 Å². The van der Waals surface area contributed by atoms with Gasteiger partial charge in [-0.25, -0.2) is 0 Å². The number of hydrogen-bond donors (Lipinski definition) is 1. The Morgan fingerprint density at radius 1 is 1.00 bits per heavy atom. The highest BCUT2D eigenvalue weighted by Crippen LogP contribution is 2.42. The molecule has 0 aliphatic carbocycles. The molecule has 1 fully saturated rings. The lowest BCUT2D eigenvalue weighted by molar-refractivity contribution is -0.115. The van der Waals surface area contributed by atoms with Crippen molar-refractivity contribution in [2.45, 2.75) is 19.2 Å². The second-order valence-electron chi connectivity index (χ2n) is 7.16. The van der Waals surface area contributed by atoms with Gasteiger partial charge in [0.2, 0.25) is 5.91 Å². The zero-order valence-corrected chi connectivity index (χ0v) is 17.2. The fourth-order valence-electron chi connectivity index (χ4n) is 3.45. The van der Waals surface area contributed by atoms with E-state index in [9.17, 15) is 9.59 Å². The first-order valence-corrected chi connectivity index (χ1v) is 10.5. The summed E-state index contributed by atoms with van der Waals surface area (Å²) in [6, 6.07) is 23.3. The van der Waals surface area contributed by atoms with Crippen LogP contribution in [0, 0.1) is 13.8 Å². The van der Waals surface area contributed by atoms with Gasteiger partial charge in [0.05, 0.1) is 5.75 Å². The highest BCUT2D eigenvalue weighted by atomic mass is 32.2. The van der Waals surface area contributed by atoms with Crippen LogP contribution in [0.5, 0.6) is 0 Å². The smallest absolute Gasteiger partial charge is 0.255 e. The normalized spacial score (nSPS) is 16.1. The van der Waals surface area contributed by atoms with Crippen molar-refractivity contribution in [3.05, 3.63) is 95.1 Å². The molecule has 1 aliphatic heterocycles. The average Bonchev–Trinajstić information content (AvgIpc) is 3.10. The molecule has 0 radical (unpaired) electrons. The van der Waals surface area contributed by atoms with Gasteiger partial charge in [-0.2, -0.15) is 0 Å². The Balaban J connectivity index is 1.59. The van der Waals surface area contributed by atoms with Gasteiger partial charge < -0.3 is 5.32 Å². The number of rotatable bonds is 4. The van der Waals surface area contributed by atoms with Crippen molar-refractivity contribution in [3.63, 3.8) is 0 Å². The quantitative estimate of drug-likeness (QED) is 0.641. The Morgan fingerprint density at radius 3 is 2.52 bits per heavy atom. The van der Waals surface area contributed by atoms with Gasteiger partial charge in [-0.1, -0.05) is 48.0 Å². The van der Waals surface area contributed by atoms with Gasteiger partial charge in [-0.05, 0) is 55.3 Å². The fourth-order valence-corrected chi connectivity index (χ4v) is 4.62. The summed E-state index contributed by atoms with van der Waals surface area (Å²) in [5, 5.41) is 2.87. The summed E-state index contributed by atoms with van der Waals surface area (Å²) in [4.78, 5) is 27.1. The van der Waals surface area contributed by atoms with Crippen molar-refractivity contribution in [1.82, 2.24) is 0 Å². The summed E-state index contributed by atoms with van der Waals surface area (Å²) in [6.45, 7) is 3.95. The van der Waals surface area contributed by atoms with Crippen LogP contribution in [0.4, 0.5) is 11.4 Å². The number of nitrogens with zero attached hydrogens (tertiary/aromatic N) is 1. The minimum atomic E-state index is -0.134. The van der Waals surface area contributed by atoms with Crippen molar-refractivity contribution in [1.29, 1.82) is 0 Å². The molecule has 0 spiro atoms. The summed E-state index contributed by atoms with van der Waals surface area (Å²) < 4.78 is 0. The maximum Gasteiger partial charge on any atom is 0.255 e. The second kappa shape index (κ2) is 8.13. The first kappa shape index (κ1) is 19.3. The molecule has 2 amide bonds. The highest BCUT2D eigenvalue weighted by molar-refractivity contribution is 8.00. The van der Waals surface area contributed by atoms with E-state index in [1.807, 2.05) is 91.5 Å². The first-order chi connectivity index (χ1) is 14.0. The fraction of sp³-hybridized carbons (Fsp3) is 0.167. The van der Waals surface area contributed by atoms with Crippen molar-refractivity contribution in [2.24, 2.45) is 0 Å². The van der Waals surface area contributed by atoms with Crippen LogP contribution in [0.1, 0.15) is 32.4 Å². The predicted octanol–water partition coefficient (Wildman–Crippen LogP) is 5.33. The van der Waals surface area contributed by atoms with Crippen LogP contribution in [0.15, 0.2) is 72.8 Å².